The minimum absolute atomic E-state index is 0.197. The van der Waals surface area contributed by atoms with Gasteiger partial charge in [0.05, 0.1) is 14.6 Å². The molecule has 0 aliphatic carbocycles. The normalized spacial score (nSPS) is 11.1. The summed E-state index contributed by atoms with van der Waals surface area (Å²) in [7, 11) is 0. The summed E-state index contributed by atoms with van der Waals surface area (Å²) >= 11 is 6.59. The van der Waals surface area contributed by atoms with E-state index in [2.05, 4.69) is 36.9 Å². The van der Waals surface area contributed by atoms with Crippen LogP contribution in [0.2, 0.25) is 0 Å². The fourth-order valence-electron chi connectivity index (χ4n) is 1.51. The van der Waals surface area contributed by atoms with E-state index in [1.807, 2.05) is 43.3 Å². The first kappa shape index (κ1) is 13.3. The van der Waals surface area contributed by atoms with Gasteiger partial charge < -0.3 is 5.11 Å². The first-order chi connectivity index (χ1) is 8.58. The molecule has 2 aromatic carbocycles. The van der Waals surface area contributed by atoms with Crippen LogP contribution in [0.25, 0.3) is 0 Å². The molecule has 1 N–H and O–H groups in total. The molecule has 0 unspecified atom stereocenters. The highest BCUT2D eigenvalue weighted by atomic mass is 79.9. The first-order valence-corrected chi connectivity index (χ1v) is 6.94. The van der Waals surface area contributed by atoms with Gasteiger partial charge >= 0.3 is 0 Å². The van der Waals surface area contributed by atoms with E-state index in [9.17, 15) is 5.11 Å². The summed E-state index contributed by atoms with van der Waals surface area (Å²) in [6.45, 7) is 2.02. The van der Waals surface area contributed by atoms with Crippen molar-refractivity contribution in [1.29, 1.82) is 0 Å². The number of halogens is 2. The van der Waals surface area contributed by atoms with Crippen molar-refractivity contribution < 1.29 is 5.11 Å². The number of phenolic OH excluding ortho intramolecular Hbond substituents is 1. The van der Waals surface area contributed by atoms with Gasteiger partial charge in [0.1, 0.15) is 5.75 Å². The van der Waals surface area contributed by atoms with Gasteiger partial charge in [-0.05, 0) is 68.1 Å². The number of rotatable bonds is 2. The van der Waals surface area contributed by atoms with Crippen molar-refractivity contribution in [1.82, 2.24) is 0 Å². The Morgan fingerprint density at radius 2 is 1.72 bits per heavy atom. The molecule has 0 aromatic heterocycles. The Hall–Kier alpha value is -1.13. The summed E-state index contributed by atoms with van der Waals surface area (Å²) in [5.74, 6) is 0.197. The lowest BCUT2D eigenvalue weighted by molar-refractivity contribution is 0.468. The average Bonchev–Trinajstić information content (AvgIpc) is 2.35. The second-order valence-corrected chi connectivity index (χ2v) is 5.59. The zero-order chi connectivity index (χ0) is 13.1. The van der Waals surface area contributed by atoms with Crippen molar-refractivity contribution in [3.8, 4) is 5.75 Å². The summed E-state index contributed by atoms with van der Waals surface area (Å²) < 4.78 is 1.28. The lowest BCUT2D eigenvalue weighted by atomic mass is 10.2. The largest absolute Gasteiger partial charge is 0.506 e. The molecule has 92 valence electrons. The molecular weight excluding hydrogens is 358 g/mol. The second kappa shape index (κ2) is 5.67. The van der Waals surface area contributed by atoms with Gasteiger partial charge in [-0.15, -0.1) is 0 Å². The van der Waals surface area contributed by atoms with Crippen LogP contribution in [0.5, 0.6) is 5.75 Å². The molecule has 0 aliphatic heterocycles. The molecule has 0 amide bonds. The lowest BCUT2D eigenvalue weighted by Crippen LogP contribution is -1.83. The highest BCUT2D eigenvalue weighted by Crippen LogP contribution is 2.33. The Morgan fingerprint density at radius 3 is 2.33 bits per heavy atom. The Balaban J connectivity index is 2.33. The van der Waals surface area contributed by atoms with Gasteiger partial charge in [0, 0.05) is 6.21 Å². The van der Waals surface area contributed by atoms with E-state index in [-0.39, 0.29) is 5.75 Å². The third-order valence-electron chi connectivity index (χ3n) is 2.51. The smallest absolute Gasteiger partial charge is 0.143 e. The topological polar surface area (TPSA) is 32.6 Å². The number of aliphatic imine (C=N–C) groups is 1. The quantitative estimate of drug-likeness (QED) is 0.745. The number of hydrogen-bond acceptors (Lipinski definition) is 2. The fourth-order valence-corrected chi connectivity index (χ4v) is 2.73. The van der Waals surface area contributed by atoms with Gasteiger partial charge in [-0.25, -0.2) is 0 Å². The number of benzene rings is 2. The monoisotopic (exact) mass is 367 g/mol. The van der Waals surface area contributed by atoms with E-state index in [1.54, 1.807) is 6.21 Å². The third-order valence-corrected chi connectivity index (χ3v) is 3.72. The zero-order valence-electron chi connectivity index (χ0n) is 9.69. The highest BCUT2D eigenvalue weighted by molar-refractivity contribution is 9.11. The average molecular weight is 369 g/mol. The molecule has 0 heterocycles. The predicted octanol–water partition coefficient (Wildman–Crippen LogP) is 4.98. The van der Waals surface area contributed by atoms with E-state index in [0.29, 0.717) is 8.95 Å². The van der Waals surface area contributed by atoms with Crippen molar-refractivity contribution >= 4 is 43.8 Å². The maximum atomic E-state index is 9.62. The molecule has 0 saturated carbocycles. The number of aromatic hydroxyl groups is 1. The lowest BCUT2D eigenvalue weighted by Gasteiger charge is -2.02. The van der Waals surface area contributed by atoms with Gasteiger partial charge in [-0.2, -0.15) is 0 Å². The minimum atomic E-state index is 0.197. The molecule has 0 atom stereocenters. The number of nitrogens with zero attached hydrogens (tertiary/aromatic N) is 1. The van der Waals surface area contributed by atoms with E-state index in [0.717, 1.165) is 16.8 Å². The molecule has 2 aromatic rings. The molecule has 0 fully saturated rings. The molecule has 2 rings (SSSR count). The van der Waals surface area contributed by atoms with Crippen molar-refractivity contribution in [3.05, 3.63) is 56.5 Å². The summed E-state index contributed by atoms with van der Waals surface area (Å²) in [4.78, 5) is 4.44. The molecule has 0 bridgehead atoms. The molecule has 0 radical (unpaired) electrons. The van der Waals surface area contributed by atoms with Crippen LogP contribution < -0.4 is 0 Å². The Morgan fingerprint density at radius 1 is 1.11 bits per heavy atom. The minimum Gasteiger partial charge on any atom is -0.506 e. The molecule has 2 nitrogen and oxygen atoms in total. The van der Waals surface area contributed by atoms with Gasteiger partial charge in [0.15, 0.2) is 0 Å². The van der Waals surface area contributed by atoms with Gasteiger partial charge in [0.2, 0.25) is 0 Å². The summed E-state index contributed by atoms with van der Waals surface area (Å²) in [6, 6.07) is 11.6. The van der Waals surface area contributed by atoms with Crippen LogP contribution in [0.15, 0.2) is 50.3 Å². The van der Waals surface area contributed by atoms with Crippen LogP contribution in [0.1, 0.15) is 11.1 Å². The first-order valence-electron chi connectivity index (χ1n) is 5.35. The number of hydrogen-bond donors (Lipinski definition) is 1. The van der Waals surface area contributed by atoms with Gasteiger partial charge in [-0.1, -0.05) is 18.2 Å². The number of aryl methyl sites for hydroxylation is 1. The third kappa shape index (κ3) is 3.00. The van der Waals surface area contributed by atoms with Crippen LogP contribution >= 0.6 is 31.9 Å². The second-order valence-electron chi connectivity index (χ2n) is 3.88. The van der Waals surface area contributed by atoms with Crippen LogP contribution in [0.4, 0.5) is 5.69 Å². The maximum Gasteiger partial charge on any atom is 0.143 e. The van der Waals surface area contributed by atoms with Crippen molar-refractivity contribution in [2.24, 2.45) is 4.99 Å². The van der Waals surface area contributed by atoms with Gasteiger partial charge in [-0.3, -0.25) is 4.99 Å². The van der Waals surface area contributed by atoms with Crippen molar-refractivity contribution in [3.63, 3.8) is 0 Å². The molecule has 4 heteroatoms. The van der Waals surface area contributed by atoms with Gasteiger partial charge in [0.25, 0.3) is 0 Å². The summed E-state index contributed by atoms with van der Waals surface area (Å²) in [5.41, 5.74) is 2.98. The molecule has 0 spiro atoms. The number of para-hydroxylation sites is 1. The Bertz CT molecular complexity index is 585. The highest BCUT2D eigenvalue weighted by Gasteiger charge is 2.04. The van der Waals surface area contributed by atoms with Crippen molar-refractivity contribution in [2.75, 3.05) is 0 Å². The Kier molecular flexibility index (Phi) is 4.19. The fraction of sp³-hybridized carbons (Fsp3) is 0.0714. The van der Waals surface area contributed by atoms with E-state index in [1.165, 1.54) is 0 Å². The zero-order valence-corrected chi connectivity index (χ0v) is 12.9. The molecular formula is C14H11Br2NO. The predicted molar refractivity (Wildman–Crippen MR) is 81.9 cm³/mol. The summed E-state index contributed by atoms with van der Waals surface area (Å²) in [6.07, 6.45) is 1.78. The summed E-state index contributed by atoms with van der Waals surface area (Å²) in [5, 5.41) is 9.62. The molecule has 18 heavy (non-hydrogen) atoms. The van der Waals surface area contributed by atoms with Crippen LogP contribution in [0, 0.1) is 6.92 Å². The maximum absolute atomic E-state index is 9.62. The van der Waals surface area contributed by atoms with Crippen LogP contribution in [-0.4, -0.2) is 11.3 Å². The standard InChI is InChI=1S/C14H11Br2NO/c1-9-4-2-3-5-13(9)17-8-10-6-11(15)14(18)12(16)7-10/h2-8,18H,1H3. The van der Waals surface area contributed by atoms with E-state index < -0.39 is 0 Å². The molecule has 0 saturated heterocycles. The molecule has 0 aliphatic rings. The van der Waals surface area contributed by atoms with E-state index in [4.69, 9.17) is 0 Å². The Labute approximate surface area is 123 Å². The number of phenols is 1. The van der Waals surface area contributed by atoms with E-state index >= 15 is 0 Å². The van der Waals surface area contributed by atoms with Crippen LogP contribution in [-0.2, 0) is 0 Å². The van der Waals surface area contributed by atoms with Crippen LogP contribution in [0.3, 0.4) is 0 Å². The van der Waals surface area contributed by atoms with Crippen molar-refractivity contribution in [2.45, 2.75) is 6.92 Å². The SMILES string of the molecule is Cc1ccccc1N=Cc1cc(Br)c(O)c(Br)c1.